The van der Waals surface area contributed by atoms with Crippen LogP contribution in [0.2, 0.25) is 0 Å². The average molecular weight is 263 g/mol. The Kier molecular flexibility index (Phi) is 4.10. The zero-order valence-electron chi connectivity index (χ0n) is 11.6. The van der Waals surface area contributed by atoms with E-state index in [9.17, 15) is 4.79 Å². The van der Waals surface area contributed by atoms with Crippen LogP contribution >= 0.6 is 0 Å². The van der Waals surface area contributed by atoms with Gasteiger partial charge in [0.1, 0.15) is 5.75 Å². The highest BCUT2D eigenvalue weighted by Crippen LogP contribution is 2.32. The van der Waals surface area contributed by atoms with E-state index in [0.29, 0.717) is 18.9 Å². The minimum Gasteiger partial charge on any atom is -0.497 e. The van der Waals surface area contributed by atoms with Gasteiger partial charge in [0.15, 0.2) is 0 Å². The third kappa shape index (κ3) is 3.07. The van der Waals surface area contributed by atoms with Crippen molar-refractivity contribution in [2.45, 2.75) is 32.2 Å². The van der Waals surface area contributed by atoms with Gasteiger partial charge in [-0.05, 0) is 35.6 Å². The third-order valence-electron chi connectivity index (χ3n) is 3.74. The van der Waals surface area contributed by atoms with Crippen LogP contribution in [0.15, 0.2) is 18.2 Å². The van der Waals surface area contributed by atoms with Crippen LogP contribution in [0.4, 0.5) is 0 Å². The van der Waals surface area contributed by atoms with E-state index < -0.39 is 5.97 Å². The summed E-state index contributed by atoms with van der Waals surface area (Å²) in [4.78, 5) is 11.0. The van der Waals surface area contributed by atoms with Crippen molar-refractivity contribution in [1.29, 1.82) is 0 Å². The lowest BCUT2D eigenvalue weighted by molar-refractivity contribution is -0.141. The van der Waals surface area contributed by atoms with Crippen LogP contribution in [-0.2, 0) is 4.79 Å². The van der Waals surface area contributed by atoms with Gasteiger partial charge in [-0.25, -0.2) is 0 Å². The van der Waals surface area contributed by atoms with E-state index in [2.05, 4.69) is 25.2 Å². The lowest BCUT2D eigenvalue weighted by atomic mass is 9.95. The van der Waals surface area contributed by atoms with Crippen LogP contribution in [0.1, 0.15) is 43.4 Å². The van der Waals surface area contributed by atoms with Crippen molar-refractivity contribution >= 4 is 5.97 Å². The molecular weight excluding hydrogens is 242 g/mol. The van der Waals surface area contributed by atoms with Gasteiger partial charge in [0.2, 0.25) is 0 Å². The Hall–Kier alpha value is -1.55. The molecule has 2 unspecified atom stereocenters. The van der Waals surface area contributed by atoms with Crippen molar-refractivity contribution in [3.05, 3.63) is 29.3 Å². The van der Waals surface area contributed by atoms with Crippen molar-refractivity contribution in [2.75, 3.05) is 13.7 Å². The molecule has 0 radical (unpaired) electrons. The van der Waals surface area contributed by atoms with Gasteiger partial charge < -0.3 is 15.2 Å². The van der Waals surface area contributed by atoms with E-state index in [1.807, 2.05) is 12.1 Å². The molecule has 1 aromatic rings. The van der Waals surface area contributed by atoms with Crippen LogP contribution in [0.3, 0.4) is 0 Å². The molecule has 1 aromatic carbocycles. The van der Waals surface area contributed by atoms with Gasteiger partial charge in [-0.3, -0.25) is 4.79 Å². The van der Waals surface area contributed by atoms with E-state index in [0.717, 1.165) is 11.3 Å². The molecule has 1 heterocycles. The zero-order valence-corrected chi connectivity index (χ0v) is 11.6. The van der Waals surface area contributed by atoms with Gasteiger partial charge in [0.05, 0.1) is 13.0 Å². The number of methoxy groups -OCH3 is 1. The van der Waals surface area contributed by atoms with E-state index in [1.165, 1.54) is 5.56 Å². The summed E-state index contributed by atoms with van der Waals surface area (Å²) in [6, 6.07) is 6.29. The lowest BCUT2D eigenvalue weighted by Gasteiger charge is -2.16. The molecule has 0 spiro atoms. The highest BCUT2D eigenvalue weighted by atomic mass is 16.5. The Morgan fingerprint density at radius 1 is 1.42 bits per heavy atom. The molecule has 0 aliphatic carbocycles. The van der Waals surface area contributed by atoms with Gasteiger partial charge in [-0.15, -0.1) is 0 Å². The number of rotatable bonds is 4. The maximum absolute atomic E-state index is 11.0. The highest BCUT2D eigenvalue weighted by Gasteiger charge is 2.30. The number of ether oxygens (including phenoxy) is 1. The molecule has 2 rings (SSSR count). The SMILES string of the molecule is COc1cc(C(C)C)cc(C2CC(C(=O)O)CN2)c1. The predicted molar refractivity (Wildman–Crippen MR) is 73.6 cm³/mol. The topological polar surface area (TPSA) is 58.6 Å². The van der Waals surface area contributed by atoms with Crippen LogP contribution < -0.4 is 10.1 Å². The second kappa shape index (κ2) is 5.61. The number of carboxylic acids is 1. The molecule has 2 atom stereocenters. The number of carboxylic acid groups (broad SMARTS) is 1. The Bertz CT molecular complexity index is 470. The molecule has 2 N–H and O–H groups in total. The molecule has 1 aliphatic rings. The molecule has 1 fully saturated rings. The van der Waals surface area contributed by atoms with Crippen LogP contribution in [0.25, 0.3) is 0 Å². The fourth-order valence-corrected chi connectivity index (χ4v) is 2.48. The smallest absolute Gasteiger partial charge is 0.307 e. The number of aliphatic carboxylic acids is 1. The molecule has 0 bridgehead atoms. The first kappa shape index (κ1) is 13.9. The van der Waals surface area contributed by atoms with Gasteiger partial charge in [0.25, 0.3) is 0 Å². The number of hydrogen-bond acceptors (Lipinski definition) is 3. The first-order chi connectivity index (χ1) is 9.01. The summed E-state index contributed by atoms with van der Waals surface area (Å²) in [7, 11) is 1.66. The molecule has 0 saturated carbocycles. The molecule has 4 nitrogen and oxygen atoms in total. The first-order valence-electron chi connectivity index (χ1n) is 6.66. The van der Waals surface area contributed by atoms with E-state index in [-0.39, 0.29) is 12.0 Å². The summed E-state index contributed by atoms with van der Waals surface area (Å²) in [5, 5.41) is 12.3. The van der Waals surface area contributed by atoms with Crippen molar-refractivity contribution in [2.24, 2.45) is 5.92 Å². The molecule has 0 aromatic heterocycles. The molecular formula is C15H21NO3. The Morgan fingerprint density at radius 3 is 2.68 bits per heavy atom. The average Bonchev–Trinajstić information content (AvgIpc) is 2.87. The normalized spacial score (nSPS) is 22.7. The first-order valence-corrected chi connectivity index (χ1v) is 6.66. The van der Waals surface area contributed by atoms with E-state index in [1.54, 1.807) is 7.11 Å². The zero-order chi connectivity index (χ0) is 14.0. The predicted octanol–water partition coefficient (Wildman–Crippen LogP) is 2.55. The molecule has 104 valence electrons. The Balaban J connectivity index is 2.25. The highest BCUT2D eigenvalue weighted by molar-refractivity contribution is 5.70. The van der Waals surface area contributed by atoms with Crippen molar-refractivity contribution in [3.8, 4) is 5.75 Å². The lowest BCUT2D eigenvalue weighted by Crippen LogP contribution is -2.17. The van der Waals surface area contributed by atoms with Crippen molar-refractivity contribution in [1.82, 2.24) is 5.32 Å². The number of nitrogens with one attached hydrogen (secondary N) is 1. The summed E-state index contributed by atoms with van der Waals surface area (Å²) in [5.41, 5.74) is 2.33. The number of hydrogen-bond donors (Lipinski definition) is 2. The van der Waals surface area contributed by atoms with E-state index >= 15 is 0 Å². The minimum atomic E-state index is -0.720. The fourth-order valence-electron chi connectivity index (χ4n) is 2.48. The largest absolute Gasteiger partial charge is 0.497 e. The van der Waals surface area contributed by atoms with Crippen molar-refractivity contribution < 1.29 is 14.6 Å². The van der Waals surface area contributed by atoms with E-state index in [4.69, 9.17) is 9.84 Å². The second-order valence-electron chi connectivity index (χ2n) is 5.43. The number of benzene rings is 1. The van der Waals surface area contributed by atoms with Crippen LogP contribution in [0, 0.1) is 5.92 Å². The van der Waals surface area contributed by atoms with Gasteiger partial charge in [-0.2, -0.15) is 0 Å². The molecule has 0 amide bonds. The third-order valence-corrected chi connectivity index (χ3v) is 3.74. The summed E-state index contributed by atoms with van der Waals surface area (Å²) in [6.07, 6.45) is 0.639. The fraction of sp³-hybridized carbons (Fsp3) is 0.533. The molecule has 19 heavy (non-hydrogen) atoms. The maximum Gasteiger partial charge on any atom is 0.307 e. The van der Waals surface area contributed by atoms with Gasteiger partial charge in [-0.1, -0.05) is 19.9 Å². The standard InChI is InChI=1S/C15H21NO3/c1-9(2)10-4-11(6-13(5-10)19-3)14-7-12(8-16-14)15(17)18/h4-6,9,12,14,16H,7-8H2,1-3H3,(H,17,18). The van der Waals surface area contributed by atoms with Gasteiger partial charge >= 0.3 is 5.97 Å². The summed E-state index contributed by atoms with van der Waals surface area (Å²) in [6.45, 7) is 4.82. The molecule has 1 saturated heterocycles. The Morgan fingerprint density at radius 2 is 2.16 bits per heavy atom. The van der Waals surface area contributed by atoms with Crippen LogP contribution in [0.5, 0.6) is 5.75 Å². The van der Waals surface area contributed by atoms with Crippen LogP contribution in [-0.4, -0.2) is 24.7 Å². The molecule has 1 aliphatic heterocycles. The summed E-state index contributed by atoms with van der Waals surface area (Å²) < 4.78 is 5.34. The van der Waals surface area contributed by atoms with Crippen molar-refractivity contribution in [3.63, 3.8) is 0 Å². The second-order valence-corrected chi connectivity index (χ2v) is 5.43. The summed E-state index contributed by atoms with van der Waals surface area (Å²) in [5.74, 6) is 0.243. The number of carbonyl (C=O) groups is 1. The van der Waals surface area contributed by atoms with Gasteiger partial charge in [0, 0.05) is 12.6 Å². The quantitative estimate of drug-likeness (QED) is 0.876. The minimum absolute atomic E-state index is 0.105. The molecule has 4 heteroatoms. The monoisotopic (exact) mass is 263 g/mol. The summed E-state index contributed by atoms with van der Waals surface area (Å²) >= 11 is 0. The Labute approximate surface area is 113 Å². The maximum atomic E-state index is 11.0.